The largest absolute Gasteiger partial charge is 0.354 e. The number of amides is 1. The number of rotatable bonds is 3. The standard InChI is InChI=1S/C19H21N3O4S/c1-12-17-15(4-2-5-16(17)23)21-18(12)19(24)20-13-6-8-14(9-7-13)22-10-3-11-27(22,25)26/h6-9,21H,2-5,10-11H2,1H3,(H,20,24). The average Bonchev–Trinajstić information content (AvgIpc) is 3.16. The number of carbonyl (C=O) groups excluding carboxylic acids is 2. The maximum atomic E-state index is 12.6. The molecule has 1 amide bonds. The van der Waals surface area contributed by atoms with Gasteiger partial charge in [-0.3, -0.25) is 13.9 Å². The van der Waals surface area contributed by atoms with Crippen LogP contribution in [0.5, 0.6) is 0 Å². The number of nitrogens with zero attached hydrogens (tertiary/aromatic N) is 1. The molecular weight excluding hydrogens is 366 g/mol. The minimum absolute atomic E-state index is 0.0835. The molecule has 0 unspecified atom stereocenters. The molecule has 1 aromatic carbocycles. The Bertz CT molecular complexity index is 1020. The van der Waals surface area contributed by atoms with Crippen LogP contribution in [0, 0.1) is 6.92 Å². The van der Waals surface area contributed by atoms with Crippen molar-refractivity contribution in [3.8, 4) is 0 Å². The average molecular weight is 387 g/mol. The maximum absolute atomic E-state index is 12.6. The molecule has 0 saturated carbocycles. The van der Waals surface area contributed by atoms with Crippen LogP contribution in [0.15, 0.2) is 24.3 Å². The molecule has 1 saturated heterocycles. The third kappa shape index (κ3) is 3.14. The monoisotopic (exact) mass is 387 g/mol. The molecule has 0 spiro atoms. The summed E-state index contributed by atoms with van der Waals surface area (Å²) in [5.41, 5.74) is 3.75. The predicted molar refractivity (Wildman–Crippen MR) is 103 cm³/mol. The number of aryl methyl sites for hydroxylation is 1. The van der Waals surface area contributed by atoms with Crippen molar-refractivity contribution in [3.63, 3.8) is 0 Å². The molecule has 2 aliphatic rings. The Morgan fingerprint density at radius 3 is 2.52 bits per heavy atom. The number of sulfonamides is 1. The second-order valence-corrected chi connectivity index (χ2v) is 9.01. The van der Waals surface area contributed by atoms with Crippen LogP contribution in [0.1, 0.15) is 51.4 Å². The van der Waals surface area contributed by atoms with E-state index in [1.807, 2.05) is 0 Å². The number of hydrogen-bond acceptors (Lipinski definition) is 4. The topological polar surface area (TPSA) is 99.3 Å². The molecule has 1 aromatic heterocycles. The lowest BCUT2D eigenvalue weighted by molar-refractivity contribution is 0.0971. The van der Waals surface area contributed by atoms with Crippen molar-refractivity contribution >= 4 is 33.1 Å². The lowest BCUT2D eigenvalue weighted by atomic mass is 9.94. The normalized spacial score (nSPS) is 18.4. The van der Waals surface area contributed by atoms with E-state index in [4.69, 9.17) is 0 Å². The van der Waals surface area contributed by atoms with Gasteiger partial charge in [0.25, 0.3) is 5.91 Å². The molecule has 142 valence electrons. The summed E-state index contributed by atoms with van der Waals surface area (Å²) in [5, 5.41) is 2.81. The summed E-state index contributed by atoms with van der Waals surface area (Å²) >= 11 is 0. The Morgan fingerprint density at radius 2 is 1.89 bits per heavy atom. The van der Waals surface area contributed by atoms with Crippen LogP contribution in [0.3, 0.4) is 0 Å². The lowest BCUT2D eigenvalue weighted by Crippen LogP contribution is -2.25. The molecular formula is C19H21N3O4S. The highest BCUT2D eigenvalue weighted by atomic mass is 32.2. The smallest absolute Gasteiger partial charge is 0.272 e. The number of ketones is 1. The fourth-order valence-corrected chi connectivity index (χ4v) is 5.40. The zero-order valence-electron chi connectivity index (χ0n) is 15.0. The van der Waals surface area contributed by atoms with Crippen LogP contribution in [-0.2, 0) is 16.4 Å². The summed E-state index contributed by atoms with van der Waals surface area (Å²) in [6.45, 7) is 2.27. The summed E-state index contributed by atoms with van der Waals surface area (Å²) in [4.78, 5) is 27.9. The van der Waals surface area contributed by atoms with Crippen molar-refractivity contribution in [2.24, 2.45) is 0 Å². The molecule has 0 atom stereocenters. The van der Waals surface area contributed by atoms with Crippen molar-refractivity contribution in [2.45, 2.75) is 32.6 Å². The molecule has 0 bridgehead atoms. The number of fused-ring (bicyclic) bond motifs is 1. The highest BCUT2D eigenvalue weighted by Gasteiger charge is 2.29. The Labute approximate surface area is 157 Å². The molecule has 2 N–H and O–H groups in total. The van der Waals surface area contributed by atoms with Crippen LogP contribution in [0.25, 0.3) is 0 Å². The van der Waals surface area contributed by atoms with Gasteiger partial charge in [-0.2, -0.15) is 0 Å². The number of carbonyl (C=O) groups is 2. The number of benzene rings is 1. The summed E-state index contributed by atoms with van der Waals surface area (Å²) in [5.74, 6) is -0.0579. The van der Waals surface area contributed by atoms with E-state index < -0.39 is 10.0 Å². The van der Waals surface area contributed by atoms with Gasteiger partial charge < -0.3 is 10.3 Å². The third-order valence-electron chi connectivity index (χ3n) is 5.18. The zero-order chi connectivity index (χ0) is 19.2. The van der Waals surface area contributed by atoms with Gasteiger partial charge in [0.15, 0.2) is 5.78 Å². The van der Waals surface area contributed by atoms with Gasteiger partial charge in [0.1, 0.15) is 5.69 Å². The highest BCUT2D eigenvalue weighted by Crippen LogP contribution is 2.28. The van der Waals surface area contributed by atoms with Gasteiger partial charge in [-0.1, -0.05) is 0 Å². The van der Waals surface area contributed by atoms with Crippen LogP contribution >= 0.6 is 0 Å². The molecule has 7 nitrogen and oxygen atoms in total. The van der Waals surface area contributed by atoms with Gasteiger partial charge in [-0.25, -0.2) is 8.42 Å². The van der Waals surface area contributed by atoms with E-state index in [0.29, 0.717) is 47.6 Å². The van der Waals surface area contributed by atoms with Gasteiger partial charge in [-0.15, -0.1) is 0 Å². The van der Waals surface area contributed by atoms with Crippen LogP contribution in [0.2, 0.25) is 0 Å². The molecule has 1 fully saturated rings. The van der Waals surface area contributed by atoms with Crippen molar-refractivity contribution < 1.29 is 18.0 Å². The fourth-order valence-electron chi connectivity index (χ4n) is 3.84. The van der Waals surface area contributed by atoms with Gasteiger partial charge in [0.2, 0.25) is 10.0 Å². The van der Waals surface area contributed by atoms with Crippen molar-refractivity contribution in [1.82, 2.24) is 4.98 Å². The Kier molecular flexibility index (Phi) is 4.30. The summed E-state index contributed by atoms with van der Waals surface area (Å²) in [6, 6.07) is 6.75. The van der Waals surface area contributed by atoms with E-state index in [9.17, 15) is 18.0 Å². The van der Waals surface area contributed by atoms with Crippen LogP contribution in [-0.4, -0.2) is 37.4 Å². The molecule has 0 radical (unpaired) electrons. The minimum atomic E-state index is -3.22. The second kappa shape index (κ2) is 6.53. The molecule has 2 aromatic rings. The van der Waals surface area contributed by atoms with Crippen LogP contribution < -0.4 is 9.62 Å². The number of anilines is 2. The fraction of sp³-hybridized carbons (Fsp3) is 0.368. The molecule has 1 aliphatic carbocycles. The SMILES string of the molecule is Cc1c(C(=O)Nc2ccc(N3CCCS3(=O)=O)cc2)[nH]c2c1C(=O)CCC2. The molecule has 4 rings (SSSR count). The van der Waals surface area contributed by atoms with Gasteiger partial charge in [-0.05, 0) is 56.0 Å². The highest BCUT2D eigenvalue weighted by molar-refractivity contribution is 7.93. The van der Waals surface area contributed by atoms with Gasteiger partial charge >= 0.3 is 0 Å². The molecule has 1 aliphatic heterocycles. The first-order valence-corrected chi connectivity index (χ1v) is 10.6. The number of Topliss-reactive ketones (excluding diaryl/α,β-unsaturated/α-hetero) is 1. The third-order valence-corrected chi connectivity index (χ3v) is 7.05. The number of H-pyrrole nitrogens is 1. The van der Waals surface area contributed by atoms with Crippen molar-refractivity contribution in [2.75, 3.05) is 21.9 Å². The molecule has 8 heteroatoms. The summed E-state index contributed by atoms with van der Waals surface area (Å²) in [7, 11) is -3.22. The minimum Gasteiger partial charge on any atom is -0.354 e. The van der Waals surface area contributed by atoms with Crippen LogP contribution in [0.4, 0.5) is 11.4 Å². The number of aromatic nitrogens is 1. The maximum Gasteiger partial charge on any atom is 0.272 e. The van der Waals surface area contributed by atoms with E-state index in [1.54, 1.807) is 31.2 Å². The lowest BCUT2D eigenvalue weighted by Gasteiger charge is -2.17. The van der Waals surface area contributed by atoms with Crippen molar-refractivity contribution in [1.29, 1.82) is 0 Å². The Morgan fingerprint density at radius 1 is 1.15 bits per heavy atom. The zero-order valence-corrected chi connectivity index (χ0v) is 15.9. The Balaban J connectivity index is 1.53. The van der Waals surface area contributed by atoms with Crippen molar-refractivity contribution in [3.05, 3.63) is 46.8 Å². The van der Waals surface area contributed by atoms with Gasteiger partial charge in [0.05, 0.1) is 11.4 Å². The quantitative estimate of drug-likeness (QED) is 0.846. The Hall–Kier alpha value is -2.61. The number of nitrogens with one attached hydrogen (secondary N) is 2. The van der Waals surface area contributed by atoms with E-state index in [-0.39, 0.29) is 17.4 Å². The summed E-state index contributed by atoms with van der Waals surface area (Å²) < 4.78 is 25.4. The summed E-state index contributed by atoms with van der Waals surface area (Å²) in [6.07, 6.45) is 2.71. The molecule has 2 heterocycles. The van der Waals surface area contributed by atoms with E-state index in [0.717, 1.165) is 18.5 Å². The number of aromatic amines is 1. The van der Waals surface area contributed by atoms with E-state index >= 15 is 0 Å². The molecule has 27 heavy (non-hydrogen) atoms. The first kappa shape index (κ1) is 17.8. The number of hydrogen-bond donors (Lipinski definition) is 2. The van der Waals surface area contributed by atoms with E-state index in [2.05, 4.69) is 10.3 Å². The second-order valence-electron chi connectivity index (χ2n) is 7.00. The van der Waals surface area contributed by atoms with E-state index in [1.165, 1.54) is 4.31 Å². The van der Waals surface area contributed by atoms with Gasteiger partial charge in [0, 0.05) is 29.9 Å². The first-order valence-electron chi connectivity index (χ1n) is 9.03. The predicted octanol–water partition coefficient (Wildman–Crippen LogP) is 2.63. The first-order chi connectivity index (χ1) is 12.9.